The number of nitrogens with zero attached hydrogens (tertiary/aromatic N) is 1. The first kappa shape index (κ1) is 28.8. The molecule has 1 aliphatic heterocycles. The second-order valence-electron chi connectivity index (χ2n) is 9.40. The summed E-state index contributed by atoms with van der Waals surface area (Å²) in [6.45, 7) is 6.79. The lowest BCUT2D eigenvalue weighted by atomic mass is 10.0. The molecule has 1 saturated heterocycles. The zero-order chi connectivity index (χ0) is 26.9. The van der Waals surface area contributed by atoms with Gasteiger partial charge >= 0.3 is 5.97 Å². The van der Waals surface area contributed by atoms with Gasteiger partial charge in [-0.05, 0) is 81.5 Å². The maximum atomic E-state index is 14.3. The summed E-state index contributed by atoms with van der Waals surface area (Å²) in [6, 6.07) is 8.14. The van der Waals surface area contributed by atoms with Crippen LogP contribution >= 0.6 is 0 Å². The first-order chi connectivity index (χ1) is 17.7. The van der Waals surface area contributed by atoms with E-state index in [-0.39, 0.29) is 30.8 Å². The van der Waals surface area contributed by atoms with Crippen LogP contribution in [-0.2, 0) is 20.7 Å². The molecular formula is C29H37F2NO5. The van der Waals surface area contributed by atoms with E-state index in [9.17, 15) is 18.7 Å². The fraction of sp³-hybridized carbons (Fsp3) is 0.483. The Bertz CT molecular complexity index is 1090. The van der Waals surface area contributed by atoms with E-state index in [4.69, 9.17) is 14.2 Å². The summed E-state index contributed by atoms with van der Waals surface area (Å²) in [5, 5.41) is 10.7. The number of methoxy groups -OCH3 is 1. The SMILES string of the molecule is CCOC(=O)/C=C/c1c(OC)cc(F)cc1[C@@H](C)OC[C@H](O)CN1CCC[C@H]1Cc1ccc(C)c(F)c1. The molecular weight excluding hydrogens is 480 g/mol. The van der Waals surface area contributed by atoms with E-state index in [0.29, 0.717) is 23.2 Å². The van der Waals surface area contributed by atoms with E-state index >= 15 is 0 Å². The molecule has 6 nitrogen and oxygen atoms in total. The molecule has 0 radical (unpaired) electrons. The Morgan fingerprint density at radius 3 is 2.76 bits per heavy atom. The third-order valence-electron chi connectivity index (χ3n) is 6.66. The Morgan fingerprint density at radius 2 is 2.05 bits per heavy atom. The molecule has 8 heteroatoms. The smallest absolute Gasteiger partial charge is 0.330 e. The van der Waals surface area contributed by atoms with E-state index < -0.39 is 24.0 Å². The number of hydrogen-bond acceptors (Lipinski definition) is 6. The molecule has 1 fully saturated rings. The van der Waals surface area contributed by atoms with Crippen LogP contribution in [0, 0.1) is 18.6 Å². The molecule has 0 aromatic heterocycles. The van der Waals surface area contributed by atoms with Crippen molar-refractivity contribution in [3.63, 3.8) is 0 Å². The monoisotopic (exact) mass is 517 g/mol. The lowest BCUT2D eigenvalue weighted by Gasteiger charge is -2.28. The van der Waals surface area contributed by atoms with Gasteiger partial charge in [-0.2, -0.15) is 0 Å². The van der Waals surface area contributed by atoms with Gasteiger partial charge in [-0.1, -0.05) is 12.1 Å². The van der Waals surface area contributed by atoms with Crippen LogP contribution < -0.4 is 4.74 Å². The van der Waals surface area contributed by atoms with Gasteiger partial charge in [0.25, 0.3) is 0 Å². The quantitative estimate of drug-likeness (QED) is 0.316. The van der Waals surface area contributed by atoms with Gasteiger partial charge < -0.3 is 19.3 Å². The van der Waals surface area contributed by atoms with Gasteiger partial charge in [0.05, 0.1) is 32.5 Å². The number of ether oxygens (including phenoxy) is 3. The number of carbonyl (C=O) groups is 1. The molecule has 1 heterocycles. The summed E-state index contributed by atoms with van der Waals surface area (Å²) in [5.41, 5.74) is 2.57. The van der Waals surface area contributed by atoms with Crippen LogP contribution in [-0.4, -0.2) is 61.5 Å². The van der Waals surface area contributed by atoms with Gasteiger partial charge in [0.2, 0.25) is 0 Å². The van der Waals surface area contributed by atoms with Gasteiger partial charge in [0.15, 0.2) is 0 Å². The lowest BCUT2D eigenvalue weighted by molar-refractivity contribution is -0.137. The van der Waals surface area contributed by atoms with Crippen molar-refractivity contribution in [2.24, 2.45) is 0 Å². The summed E-state index contributed by atoms with van der Waals surface area (Å²) < 4.78 is 44.4. The summed E-state index contributed by atoms with van der Waals surface area (Å²) in [6.07, 6.45) is 4.17. The van der Waals surface area contributed by atoms with Crippen molar-refractivity contribution < 1.29 is 32.9 Å². The molecule has 3 rings (SSSR count). The third kappa shape index (κ3) is 8.09. The number of aliphatic hydroxyl groups excluding tert-OH is 1. The number of carbonyl (C=O) groups excluding carboxylic acids is 1. The molecule has 1 aliphatic rings. The predicted molar refractivity (Wildman–Crippen MR) is 138 cm³/mol. The zero-order valence-electron chi connectivity index (χ0n) is 22.0. The highest BCUT2D eigenvalue weighted by atomic mass is 19.1. The molecule has 1 N–H and O–H groups in total. The van der Waals surface area contributed by atoms with E-state index in [1.54, 1.807) is 32.9 Å². The number of aliphatic hydroxyl groups is 1. The molecule has 202 valence electrons. The van der Waals surface area contributed by atoms with Crippen molar-refractivity contribution in [3.8, 4) is 5.75 Å². The number of aryl methyl sites for hydroxylation is 1. The highest BCUT2D eigenvalue weighted by molar-refractivity contribution is 5.88. The molecule has 3 atom stereocenters. The van der Waals surface area contributed by atoms with Crippen LogP contribution in [0.15, 0.2) is 36.4 Å². The highest BCUT2D eigenvalue weighted by Gasteiger charge is 2.27. The van der Waals surface area contributed by atoms with Gasteiger partial charge in [0.1, 0.15) is 17.4 Å². The van der Waals surface area contributed by atoms with Gasteiger partial charge in [-0.3, -0.25) is 4.90 Å². The Labute approximate surface area is 217 Å². The van der Waals surface area contributed by atoms with Crippen LogP contribution in [0.4, 0.5) is 8.78 Å². The van der Waals surface area contributed by atoms with Crippen molar-refractivity contribution in [2.45, 2.75) is 58.3 Å². The number of halogens is 2. The maximum absolute atomic E-state index is 14.3. The van der Waals surface area contributed by atoms with Crippen LogP contribution in [0.5, 0.6) is 5.75 Å². The van der Waals surface area contributed by atoms with Crippen molar-refractivity contribution in [1.82, 2.24) is 4.90 Å². The van der Waals surface area contributed by atoms with Crippen molar-refractivity contribution in [1.29, 1.82) is 0 Å². The van der Waals surface area contributed by atoms with Crippen molar-refractivity contribution in [2.75, 3.05) is 33.4 Å². The summed E-state index contributed by atoms with van der Waals surface area (Å²) in [5.74, 6) is -0.949. The van der Waals surface area contributed by atoms with Gasteiger partial charge in [-0.15, -0.1) is 0 Å². The molecule has 0 unspecified atom stereocenters. The first-order valence-electron chi connectivity index (χ1n) is 12.7. The molecule has 0 spiro atoms. The largest absolute Gasteiger partial charge is 0.496 e. The zero-order valence-corrected chi connectivity index (χ0v) is 22.0. The molecule has 0 amide bonds. The number of β-amino-alcohol motifs (C(OH)–C–C–N with tert-alkyl or cyclic N) is 1. The molecule has 2 aromatic carbocycles. The average Bonchev–Trinajstić information content (AvgIpc) is 3.29. The Morgan fingerprint density at radius 1 is 1.27 bits per heavy atom. The fourth-order valence-corrected chi connectivity index (χ4v) is 4.71. The van der Waals surface area contributed by atoms with Crippen LogP contribution in [0.1, 0.15) is 55.0 Å². The average molecular weight is 518 g/mol. The lowest BCUT2D eigenvalue weighted by Crippen LogP contribution is -2.39. The minimum absolute atomic E-state index is 0.0450. The summed E-state index contributed by atoms with van der Waals surface area (Å²) in [4.78, 5) is 14.0. The number of esters is 1. The number of hydrogen-bond donors (Lipinski definition) is 1. The van der Waals surface area contributed by atoms with E-state index in [1.807, 2.05) is 6.07 Å². The molecule has 37 heavy (non-hydrogen) atoms. The standard InChI is InChI=1S/C29H37F2NO5/c1-5-36-29(34)11-10-25-26(15-22(30)16-28(25)35-4)20(3)37-18-24(33)17-32-12-6-7-23(32)13-21-9-8-19(2)27(31)14-21/h8-11,14-16,20,23-24,33H,5-7,12-13,17-18H2,1-4H3/b11-10+/t20-,23+,24-/m1/s1. The van der Waals surface area contributed by atoms with E-state index in [0.717, 1.165) is 31.4 Å². The van der Waals surface area contributed by atoms with Gasteiger partial charge in [-0.25, -0.2) is 13.6 Å². The van der Waals surface area contributed by atoms with Crippen LogP contribution in [0.3, 0.4) is 0 Å². The predicted octanol–water partition coefficient (Wildman–Crippen LogP) is 5.00. The Kier molecular flexibility index (Phi) is 10.6. The van der Waals surface area contributed by atoms with Crippen molar-refractivity contribution >= 4 is 12.0 Å². The number of likely N-dealkylation sites (tertiary alicyclic amines) is 1. The van der Waals surface area contributed by atoms with Crippen LogP contribution in [0.2, 0.25) is 0 Å². The maximum Gasteiger partial charge on any atom is 0.330 e. The first-order valence-corrected chi connectivity index (χ1v) is 12.7. The second kappa shape index (κ2) is 13.7. The van der Waals surface area contributed by atoms with E-state index in [1.165, 1.54) is 31.4 Å². The normalized spacial score (nSPS) is 17.8. The van der Waals surface area contributed by atoms with Gasteiger partial charge in [0, 0.05) is 30.3 Å². The van der Waals surface area contributed by atoms with E-state index in [2.05, 4.69) is 4.90 Å². The van der Waals surface area contributed by atoms with Crippen molar-refractivity contribution in [3.05, 3.63) is 70.3 Å². The minimum atomic E-state index is -0.758. The third-order valence-corrected chi connectivity index (χ3v) is 6.66. The topological polar surface area (TPSA) is 68.2 Å². The molecule has 2 aromatic rings. The second-order valence-corrected chi connectivity index (χ2v) is 9.40. The Balaban J connectivity index is 1.62. The molecule has 0 bridgehead atoms. The number of benzene rings is 2. The summed E-state index contributed by atoms with van der Waals surface area (Å²) >= 11 is 0. The minimum Gasteiger partial charge on any atom is -0.496 e. The summed E-state index contributed by atoms with van der Waals surface area (Å²) in [7, 11) is 1.42. The fourth-order valence-electron chi connectivity index (χ4n) is 4.71. The van der Waals surface area contributed by atoms with Crippen LogP contribution in [0.25, 0.3) is 6.08 Å². The molecule has 0 aliphatic carbocycles. The highest BCUT2D eigenvalue weighted by Crippen LogP contribution is 2.32. The Hall–Kier alpha value is -2.81. The molecule has 0 saturated carbocycles. The number of rotatable bonds is 12.